The van der Waals surface area contributed by atoms with Crippen LogP contribution in [-0.4, -0.2) is 36.5 Å². The van der Waals surface area contributed by atoms with Crippen LogP contribution in [-0.2, 0) is 11.2 Å². The largest absolute Gasteiger partial charge is 0.342 e. The number of rotatable bonds is 6. The molecule has 2 aliphatic rings. The highest BCUT2D eigenvalue weighted by atomic mass is 16.2. The predicted octanol–water partition coefficient (Wildman–Crippen LogP) is 1.83. The first-order valence-corrected chi connectivity index (χ1v) is 7.36. The second-order valence-corrected chi connectivity index (χ2v) is 5.83. The lowest BCUT2D eigenvalue weighted by Gasteiger charge is -2.16. The maximum Gasteiger partial charge on any atom is 0.222 e. The average molecular weight is 258 g/mol. The highest BCUT2D eigenvalue weighted by Gasteiger charge is 2.30. The predicted molar refractivity (Wildman–Crippen MR) is 75.9 cm³/mol. The zero-order valence-corrected chi connectivity index (χ0v) is 11.3. The molecule has 3 nitrogen and oxygen atoms in total. The summed E-state index contributed by atoms with van der Waals surface area (Å²) in [7, 11) is 0. The molecule has 1 heterocycles. The van der Waals surface area contributed by atoms with Crippen LogP contribution in [0.1, 0.15) is 24.8 Å². The minimum Gasteiger partial charge on any atom is -0.342 e. The van der Waals surface area contributed by atoms with Crippen LogP contribution in [0, 0.1) is 5.92 Å². The Kier molecular flexibility index (Phi) is 3.83. The van der Waals surface area contributed by atoms with Crippen LogP contribution in [0.3, 0.4) is 0 Å². The second kappa shape index (κ2) is 5.74. The molecule has 0 spiro atoms. The number of hydrogen-bond donors (Lipinski definition) is 1. The third kappa shape index (κ3) is 3.57. The molecule has 2 fully saturated rings. The molecule has 1 amide bonds. The van der Waals surface area contributed by atoms with Gasteiger partial charge in [0, 0.05) is 32.1 Å². The number of nitrogens with one attached hydrogen (secondary N) is 1. The summed E-state index contributed by atoms with van der Waals surface area (Å²) in [4.78, 5) is 14.0. The lowest BCUT2D eigenvalue weighted by Crippen LogP contribution is -2.30. The Labute approximate surface area is 115 Å². The molecular formula is C16H22N2O. The van der Waals surface area contributed by atoms with Crippen LogP contribution in [0.4, 0.5) is 0 Å². The van der Waals surface area contributed by atoms with Gasteiger partial charge in [-0.25, -0.2) is 0 Å². The molecule has 0 radical (unpaired) electrons. The van der Waals surface area contributed by atoms with Crippen molar-refractivity contribution in [3.8, 4) is 0 Å². The van der Waals surface area contributed by atoms with Crippen molar-refractivity contribution in [2.24, 2.45) is 5.92 Å². The standard InChI is InChI=1S/C16H22N2O/c19-16-10-14(11-17-15-6-7-15)12-18(16)9-8-13-4-2-1-3-5-13/h1-5,14-15,17H,6-12H2. The summed E-state index contributed by atoms with van der Waals surface area (Å²) >= 11 is 0. The SMILES string of the molecule is O=C1CC(CNC2CC2)CN1CCc1ccccc1. The molecule has 1 N–H and O–H groups in total. The van der Waals surface area contributed by atoms with E-state index in [2.05, 4.69) is 29.6 Å². The number of hydrogen-bond acceptors (Lipinski definition) is 2. The molecule has 19 heavy (non-hydrogen) atoms. The Morgan fingerprint density at radius 2 is 2.00 bits per heavy atom. The van der Waals surface area contributed by atoms with Gasteiger partial charge in [0.2, 0.25) is 5.91 Å². The van der Waals surface area contributed by atoms with Gasteiger partial charge in [-0.1, -0.05) is 30.3 Å². The summed E-state index contributed by atoms with van der Waals surface area (Å²) in [6, 6.07) is 11.2. The van der Waals surface area contributed by atoms with E-state index in [1.54, 1.807) is 0 Å². The van der Waals surface area contributed by atoms with Gasteiger partial charge in [0.1, 0.15) is 0 Å². The minimum absolute atomic E-state index is 0.332. The van der Waals surface area contributed by atoms with Crippen molar-refractivity contribution < 1.29 is 4.79 Å². The first-order chi connectivity index (χ1) is 9.31. The van der Waals surface area contributed by atoms with E-state index >= 15 is 0 Å². The summed E-state index contributed by atoms with van der Waals surface area (Å²) in [5.74, 6) is 0.849. The third-order valence-electron chi connectivity index (χ3n) is 4.08. The van der Waals surface area contributed by atoms with E-state index in [0.29, 0.717) is 11.8 Å². The zero-order valence-electron chi connectivity index (χ0n) is 11.3. The summed E-state index contributed by atoms with van der Waals surface area (Å²) in [6.45, 7) is 2.81. The number of carbonyl (C=O) groups excluding carboxylic acids is 1. The lowest BCUT2D eigenvalue weighted by molar-refractivity contribution is -0.127. The van der Waals surface area contributed by atoms with E-state index in [-0.39, 0.29) is 0 Å². The molecule has 1 aliphatic heterocycles. The number of likely N-dealkylation sites (tertiary alicyclic amines) is 1. The molecule has 1 aliphatic carbocycles. The smallest absolute Gasteiger partial charge is 0.222 e. The molecule has 1 unspecified atom stereocenters. The van der Waals surface area contributed by atoms with Gasteiger partial charge in [-0.3, -0.25) is 4.79 Å². The van der Waals surface area contributed by atoms with Crippen molar-refractivity contribution in [2.45, 2.75) is 31.7 Å². The molecular weight excluding hydrogens is 236 g/mol. The van der Waals surface area contributed by atoms with Crippen LogP contribution in [0.15, 0.2) is 30.3 Å². The summed E-state index contributed by atoms with van der Waals surface area (Å²) in [6.07, 6.45) is 4.33. The summed E-state index contributed by atoms with van der Waals surface area (Å²) in [5, 5.41) is 3.53. The van der Waals surface area contributed by atoms with Crippen molar-refractivity contribution in [1.29, 1.82) is 0 Å². The highest BCUT2D eigenvalue weighted by Crippen LogP contribution is 2.22. The van der Waals surface area contributed by atoms with Crippen molar-refractivity contribution in [2.75, 3.05) is 19.6 Å². The highest BCUT2D eigenvalue weighted by molar-refractivity contribution is 5.78. The maximum atomic E-state index is 12.0. The molecule has 0 bridgehead atoms. The van der Waals surface area contributed by atoms with Gasteiger partial charge in [-0.15, -0.1) is 0 Å². The van der Waals surface area contributed by atoms with Crippen LogP contribution in [0.2, 0.25) is 0 Å². The molecule has 1 atom stereocenters. The van der Waals surface area contributed by atoms with Crippen molar-refractivity contribution in [3.63, 3.8) is 0 Å². The average Bonchev–Trinajstić information content (AvgIpc) is 3.19. The Hall–Kier alpha value is -1.35. The monoisotopic (exact) mass is 258 g/mol. The van der Waals surface area contributed by atoms with Crippen LogP contribution >= 0.6 is 0 Å². The van der Waals surface area contributed by atoms with Gasteiger partial charge >= 0.3 is 0 Å². The van der Waals surface area contributed by atoms with Crippen LogP contribution in [0.5, 0.6) is 0 Å². The first kappa shape index (κ1) is 12.7. The lowest BCUT2D eigenvalue weighted by atomic mass is 10.1. The molecule has 0 aromatic heterocycles. The molecule has 1 saturated carbocycles. The molecule has 3 rings (SSSR count). The molecule has 102 valence electrons. The van der Waals surface area contributed by atoms with Crippen molar-refractivity contribution in [3.05, 3.63) is 35.9 Å². The van der Waals surface area contributed by atoms with E-state index in [1.165, 1.54) is 18.4 Å². The van der Waals surface area contributed by atoms with E-state index in [1.807, 2.05) is 11.0 Å². The Balaban J connectivity index is 1.44. The topological polar surface area (TPSA) is 32.3 Å². The number of nitrogens with zero attached hydrogens (tertiary/aromatic N) is 1. The van der Waals surface area contributed by atoms with Gasteiger partial charge in [0.15, 0.2) is 0 Å². The number of amides is 1. The van der Waals surface area contributed by atoms with Crippen LogP contribution in [0.25, 0.3) is 0 Å². The quantitative estimate of drug-likeness (QED) is 0.844. The van der Waals surface area contributed by atoms with Gasteiger partial charge < -0.3 is 10.2 Å². The Morgan fingerprint density at radius 3 is 2.74 bits per heavy atom. The van der Waals surface area contributed by atoms with E-state index in [4.69, 9.17) is 0 Å². The van der Waals surface area contributed by atoms with Gasteiger partial charge in [-0.05, 0) is 30.7 Å². The summed E-state index contributed by atoms with van der Waals surface area (Å²) in [5.41, 5.74) is 1.31. The number of carbonyl (C=O) groups is 1. The zero-order chi connectivity index (χ0) is 13.1. The van der Waals surface area contributed by atoms with Crippen LogP contribution < -0.4 is 5.32 Å². The Morgan fingerprint density at radius 1 is 1.21 bits per heavy atom. The Bertz CT molecular complexity index is 428. The maximum absolute atomic E-state index is 12.0. The van der Waals surface area contributed by atoms with Gasteiger partial charge in [-0.2, -0.15) is 0 Å². The fraction of sp³-hybridized carbons (Fsp3) is 0.562. The fourth-order valence-electron chi connectivity index (χ4n) is 2.74. The summed E-state index contributed by atoms with van der Waals surface area (Å²) < 4.78 is 0. The van der Waals surface area contributed by atoms with E-state index in [0.717, 1.165) is 38.5 Å². The molecule has 1 aromatic rings. The van der Waals surface area contributed by atoms with E-state index in [9.17, 15) is 4.79 Å². The third-order valence-corrected chi connectivity index (χ3v) is 4.08. The van der Waals surface area contributed by atoms with Gasteiger partial charge in [0.05, 0.1) is 0 Å². The first-order valence-electron chi connectivity index (χ1n) is 7.36. The molecule has 1 saturated heterocycles. The fourth-order valence-corrected chi connectivity index (χ4v) is 2.74. The van der Waals surface area contributed by atoms with Crippen molar-refractivity contribution >= 4 is 5.91 Å². The normalized spacial score (nSPS) is 23.1. The van der Waals surface area contributed by atoms with E-state index < -0.39 is 0 Å². The number of benzene rings is 1. The molecule has 3 heteroatoms. The molecule has 1 aromatic carbocycles. The van der Waals surface area contributed by atoms with Gasteiger partial charge in [0.25, 0.3) is 0 Å². The minimum atomic E-state index is 0.332. The second-order valence-electron chi connectivity index (χ2n) is 5.83. The van der Waals surface area contributed by atoms with Crippen molar-refractivity contribution in [1.82, 2.24) is 10.2 Å².